The van der Waals surface area contributed by atoms with Crippen molar-refractivity contribution in [2.24, 2.45) is 45.2 Å². The normalized spacial score (nSPS) is 40.1. The molecule has 1 amide bonds. The third-order valence-electron chi connectivity index (χ3n) is 11.3. The van der Waals surface area contributed by atoms with E-state index in [-0.39, 0.29) is 5.91 Å². The summed E-state index contributed by atoms with van der Waals surface area (Å²) in [5.41, 5.74) is 10.8. The van der Waals surface area contributed by atoms with Crippen LogP contribution in [0.15, 0.2) is 28.8 Å². The van der Waals surface area contributed by atoms with Crippen molar-refractivity contribution < 1.29 is 4.79 Å². The van der Waals surface area contributed by atoms with Gasteiger partial charge in [-0.25, -0.2) is 0 Å². The van der Waals surface area contributed by atoms with Crippen LogP contribution in [0.3, 0.4) is 0 Å². The molecule has 4 heteroatoms. The van der Waals surface area contributed by atoms with E-state index >= 15 is 0 Å². The van der Waals surface area contributed by atoms with Crippen molar-refractivity contribution in [2.75, 3.05) is 19.6 Å². The molecule has 4 fully saturated rings. The molecule has 188 valence electrons. The van der Waals surface area contributed by atoms with Gasteiger partial charge < -0.3 is 10.6 Å². The second-order valence-corrected chi connectivity index (χ2v) is 12.8. The van der Waals surface area contributed by atoms with Gasteiger partial charge in [0, 0.05) is 30.8 Å². The molecule has 2 N–H and O–H groups in total. The van der Waals surface area contributed by atoms with Gasteiger partial charge in [-0.3, -0.25) is 9.79 Å². The second-order valence-electron chi connectivity index (χ2n) is 12.8. The molecule has 5 aliphatic carbocycles. The molecule has 0 saturated heterocycles. The molecule has 0 aliphatic heterocycles. The van der Waals surface area contributed by atoms with Gasteiger partial charge in [0.25, 0.3) is 0 Å². The lowest BCUT2D eigenvalue weighted by molar-refractivity contribution is -0.133. The van der Waals surface area contributed by atoms with Gasteiger partial charge in [0.05, 0.1) is 0 Å². The zero-order valence-electron chi connectivity index (χ0n) is 22.0. The fourth-order valence-electron chi connectivity index (χ4n) is 9.08. The van der Waals surface area contributed by atoms with Gasteiger partial charge >= 0.3 is 0 Å². The SMILES string of the molecule is C=C1C=C2CCC3C(CCC4(C)C(C(C)=NCC(=O)N(CCN)C5CCC5)CCC34)C2(C)CC1. The molecule has 4 saturated carbocycles. The van der Waals surface area contributed by atoms with Crippen LogP contribution in [-0.4, -0.2) is 42.2 Å². The number of hydrogen-bond donors (Lipinski definition) is 1. The number of fused-ring (bicyclic) bond motifs is 5. The van der Waals surface area contributed by atoms with Crippen LogP contribution in [0.2, 0.25) is 0 Å². The minimum Gasteiger partial charge on any atom is -0.337 e. The van der Waals surface area contributed by atoms with Crippen LogP contribution in [0.25, 0.3) is 0 Å². The molecule has 34 heavy (non-hydrogen) atoms. The fourth-order valence-corrected chi connectivity index (χ4v) is 9.08. The Labute approximate surface area is 207 Å². The number of rotatable bonds is 6. The molecule has 0 aromatic heterocycles. The summed E-state index contributed by atoms with van der Waals surface area (Å²) in [5, 5.41) is 0. The fraction of sp³-hybridized carbons (Fsp3) is 0.800. The molecule has 5 rings (SSSR count). The Kier molecular flexibility index (Phi) is 6.59. The minimum atomic E-state index is 0.177. The molecule has 0 aromatic carbocycles. The summed E-state index contributed by atoms with van der Waals surface area (Å²) in [6, 6.07) is 0.402. The van der Waals surface area contributed by atoms with E-state index in [1.54, 1.807) is 5.57 Å². The van der Waals surface area contributed by atoms with Crippen molar-refractivity contribution in [2.45, 2.75) is 97.4 Å². The van der Waals surface area contributed by atoms with E-state index in [0.29, 0.717) is 42.4 Å². The summed E-state index contributed by atoms with van der Waals surface area (Å²) in [7, 11) is 0. The predicted molar refractivity (Wildman–Crippen MR) is 141 cm³/mol. The van der Waals surface area contributed by atoms with Crippen molar-refractivity contribution in [3.63, 3.8) is 0 Å². The highest BCUT2D eigenvalue weighted by atomic mass is 16.2. The van der Waals surface area contributed by atoms with Gasteiger partial charge in [-0.15, -0.1) is 0 Å². The van der Waals surface area contributed by atoms with Crippen LogP contribution in [0.1, 0.15) is 91.4 Å². The molecule has 0 bridgehead atoms. The monoisotopic (exact) mass is 465 g/mol. The van der Waals surface area contributed by atoms with Gasteiger partial charge in [0.1, 0.15) is 6.54 Å². The lowest BCUT2D eigenvalue weighted by atomic mass is 9.46. The number of amides is 1. The van der Waals surface area contributed by atoms with E-state index < -0.39 is 0 Å². The largest absolute Gasteiger partial charge is 0.337 e. The average Bonchev–Trinajstić information content (AvgIpc) is 3.13. The molecule has 0 heterocycles. The number of nitrogens with two attached hydrogens (primary N) is 1. The number of aliphatic imine (C=N–C) groups is 1. The topological polar surface area (TPSA) is 58.7 Å². The van der Waals surface area contributed by atoms with Crippen LogP contribution >= 0.6 is 0 Å². The Morgan fingerprint density at radius 2 is 1.91 bits per heavy atom. The number of allylic oxidation sites excluding steroid dienone is 3. The van der Waals surface area contributed by atoms with Crippen LogP contribution < -0.4 is 5.73 Å². The summed E-state index contributed by atoms with van der Waals surface area (Å²) in [4.78, 5) is 19.9. The van der Waals surface area contributed by atoms with Gasteiger partial charge in [-0.1, -0.05) is 37.6 Å². The summed E-state index contributed by atoms with van der Waals surface area (Å²) in [6.07, 6.45) is 16.3. The maximum atomic E-state index is 13.0. The standard InChI is InChI=1S/C30H47N3O/c1-20-12-14-29(3)22(18-20)8-9-24-26-11-10-25(30(26,4)15-13-27(24)29)21(2)32-19-28(34)33(17-16-31)23-6-5-7-23/h18,23-27H,1,5-17,19,31H2,2-4H3. The Hall–Kier alpha value is -1.42. The van der Waals surface area contributed by atoms with E-state index in [1.165, 1.54) is 69.1 Å². The lowest BCUT2D eigenvalue weighted by Crippen LogP contribution is -2.50. The number of hydrogen-bond acceptors (Lipinski definition) is 3. The number of carbonyl (C=O) groups excluding carboxylic acids is 1. The first kappa shape index (κ1) is 24.3. The maximum Gasteiger partial charge on any atom is 0.244 e. The predicted octanol–water partition coefficient (Wildman–Crippen LogP) is 5.92. The van der Waals surface area contributed by atoms with Crippen LogP contribution in [0.4, 0.5) is 0 Å². The van der Waals surface area contributed by atoms with Crippen LogP contribution in [0, 0.1) is 34.5 Å². The average molecular weight is 466 g/mol. The number of nitrogens with zero attached hydrogens (tertiary/aromatic N) is 2. The van der Waals surface area contributed by atoms with E-state index in [2.05, 4.69) is 33.4 Å². The van der Waals surface area contributed by atoms with Gasteiger partial charge in [-0.05, 0) is 106 Å². The first-order valence-corrected chi connectivity index (χ1v) is 14.2. The molecule has 0 aromatic rings. The van der Waals surface area contributed by atoms with Gasteiger partial charge in [0.15, 0.2) is 0 Å². The molecular weight excluding hydrogens is 418 g/mol. The molecule has 4 nitrogen and oxygen atoms in total. The Morgan fingerprint density at radius 1 is 1.12 bits per heavy atom. The van der Waals surface area contributed by atoms with Crippen molar-refractivity contribution in [3.8, 4) is 0 Å². The van der Waals surface area contributed by atoms with Crippen molar-refractivity contribution in [1.82, 2.24) is 4.90 Å². The second kappa shape index (κ2) is 9.22. The summed E-state index contributed by atoms with van der Waals surface area (Å²) in [5.74, 6) is 3.21. The molecule has 0 radical (unpaired) electrons. The van der Waals surface area contributed by atoms with Gasteiger partial charge in [0.2, 0.25) is 5.91 Å². The summed E-state index contributed by atoms with van der Waals surface area (Å²) >= 11 is 0. The zero-order valence-corrected chi connectivity index (χ0v) is 22.0. The van der Waals surface area contributed by atoms with E-state index in [0.717, 1.165) is 30.6 Å². The van der Waals surface area contributed by atoms with Crippen molar-refractivity contribution in [1.29, 1.82) is 0 Å². The van der Waals surface area contributed by atoms with E-state index in [1.807, 2.05) is 4.90 Å². The van der Waals surface area contributed by atoms with Crippen LogP contribution in [-0.2, 0) is 4.79 Å². The molecule has 6 atom stereocenters. The Bertz CT molecular complexity index is 885. The van der Waals surface area contributed by atoms with Crippen molar-refractivity contribution >= 4 is 11.6 Å². The first-order chi connectivity index (χ1) is 16.3. The Morgan fingerprint density at radius 3 is 2.62 bits per heavy atom. The maximum absolute atomic E-state index is 13.0. The van der Waals surface area contributed by atoms with E-state index in [9.17, 15) is 4.79 Å². The van der Waals surface area contributed by atoms with E-state index in [4.69, 9.17) is 10.7 Å². The molecule has 5 aliphatic rings. The highest BCUT2D eigenvalue weighted by Gasteiger charge is 2.59. The first-order valence-electron chi connectivity index (χ1n) is 14.2. The van der Waals surface area contributed by atoms with Crippen molar-refractivity contribution in [3.05, 3.63) is 23.8 Å². The minimum absolute atomic E-state index is 0.177. The molecular formula is C30H47N3O. The zero-order chi connectivity index (χ0) is 24.1. The third-order valence-corrected chi connectivity index (χ3v) is 11.3. The summed E-state index contributed by atoms with van der Waals surface area (Å²) in [6.45, 7) is 13.2. The molecule has 0 spiro atoms. The third kappa shape index (κ3) is 3.92. The van der Waals surface area contributed by atoms with Crippen LogP contribution in [0.5, 0.6) is 0 Å². The lowest BCUT2D eigenvalue weighted by Gasteiger charge is -2.58. The molecule has 6 unspecified atom stereocenters. The highest BCUT2D eigenvalue weighted by Crippen LogP contribution is 2.67. The smallest absolute Gasteiger partial charge is 0.244 e. The number of carbonyl (C=O) groups is 1. The summed E-state index contributed by atoms with van der Waals surface area (Å²) < 4.78 is 0. The van der Waals surface area contributed by atoms with Gasteiger partial charge in [-0.2, -0.15) is 0 Å². The highest BCUT2D eigenvalue weighted by molar-refractivity contribution is 5.88. The quantitative estimate of drug-likeness (QED) is 0.495. The Balaban J connectivity index is 1.29.